The van der Waals surface area contributed by atoms with E-state index in [1.807, 2.05) is 0 Å². The quantitative estimate of drug-likeness (QED) is 0.160. The number of benzene rings is 3. The zero-order chi connectivity index (χ0) is 21.5. The molecule has 0 amide bonds. The van der Waals surface area contributed by atoms with E-state index in [4.69, 9.17) is 4.43 Å². The fourth-order valence-corrected chi connectivity index (χ4v) is 9.33. The third kappa shape index (κ3) is 6.86. The lowest BCUT2D eigenvalue weighted by molar-refractivity contribution is -0.00000712. The average molecular weight is 561 g/mol. The maximum Gasteiger partial charge on any atom is 0.183 e. The first kappa shape index (κ1) is 26.0. The Hall–Kier alpha value is -1.26. The van der Waals surface area contributed by atoms with Gasteiger partial charge in [0.05, 0.1) is 6.16 Å². The summed E-state index contributed by atoms with van der Waals surface area (Å²) >= 11 is 0. The second kappa shape index (κ2) is 12.1. The molecule has 3 aromatic carbocycles. The lowest BCUT2D eigenvalue weighted by atomic mass is 10.1. The predicted octanol–water partition coefficient (Wildman–Crippen LogP) is 3.03. The third-order valence-electron chi connectivity index (χ3n) is 5.38. The first-order chi connectivity index (χ1) is 14.5. The Morgan fingerprint density at radius 3 is 1.48 bits per heavy atom. The highest BCUT2D eigenvalue weighted by Crippen LogP contribution is 2.57. The maximum absolute atomic E-state index is 6.41. The molecule has 164 valence electrons. The van der Waals surface area contributed by atoms with Crippen LogP contribution in [-0.4, -0.2) is 21.1 Å². The standard InChI is InChI=1S/C27H34OPSi.HI/c1-5-15-24(22-28-30(2,3)4)23-29(25-16-9-6-10-17-25,26-18-11-7-12-19-26)27-20-13-8-14-21-27;/h5-14,16-21,24H,1,15,22-23H2,2-4H3;1H/q+1;/p-1/t24-;/m1./s1. The summed E-state index contributed by atoms with van der Waals surface area (Å²) in [5.41, 5.74) is 0. The molecule has 0 heterocycles. The Morgan fingerprint density at radius 2 is 1.16 bits per heavy atom. The van der Waals surface area contributed by atoms with Crippen LogP contribution >= 0.6 is 7.26 Å². The molecule has 0 spiro atoms. The number of halogens is 1. The molecule has 4 heteroatoms. The summed E-state index contributed by atoms with van der Waals surface area (Å²) in [4.78, 5) is 0. The monoisotopic (exact) mass is 560 g/mol. The third-order valence-corrected chi connectivity index (χ3v) is 11.0. The Bertz CT molecular complexity index is 814. The fraction of sp³-hybridized carbons (Fsp3) is 0.259. The Labute approximate surface area is 207 Å². The molecule has 31 heavy (non-hydrogen) atoms. The molecule has 0 aliphatic rings. The van der Waals surface area contributed by atoms with Crippen molar-refractivity contribution in [1.82, 2.24) is 0 Å². The van der Waals surface area contributed by atoms with Crippen molar-refractivity contribution in [3.8, 4) is 0 Å². The second-order valence-electron chi connectivity index (χ2n) is 8.81. The summed E-state index contributed by atoms with van der Waals surface area (Å²) < 4.78 is 6.41. The molecule has 0 radical (unpaired) electrons. The molecule has 3 aromatic rings. The van der Waals surface area contributed by atoms with Gasteiger partial charge >= 0.3 is 0 Å². The van der Waals surface area contributed by atoms with Gasteiger partial charge in [-0.05, 0) is 62.5 Å². The van der Waals surface area contributed by atoms with E-state index in [2.05, 4.69) is 123 Å². The molecule has 3 rings (SSSR count). The van der Waals surface area contributed by atoms with Crippen LogP contribution in [0.3, 0.4) is 0 Å². The van der Waals surface area contributed by atoms with Gasteiger partial charge in [0.25, 0.3) is 0 Å². The van der Waals surface area contributed by atoms with E-state index in [1.165, 1.54) is 15.9 Å². The fourth-order valence-electron chi connectivity index (χ4n) is 4.00. The molecule has 0 N–H and O–H groups in total. The highest BCUT2D eigenvalue weighted by Gasteiger charge is 2.46. The minimum Gasteiger partial charge on any atom is -1.00 e. The van der Waals surface area contributed by atoms with Crippen molar-refractivity contribution in [1.29, 1.82) is 0 Å². The number of rotatable bonds is 10. The minimum absolute atomic E-state index is 0. The molecule has 1 atom stereocenters. The van der Waals surface area contributed by atoms with E-state index in [0.717, 1.165) is 19.2 Å². The van der Waals surface area contributed by atoms with Crippen molar-refractivity contribution >= 4 is 31.5 Å². The highest BCUT2D eigenvalue weighted by atomic mass is 127. The predicted molar refractivity (Wildman–Crippen MR) is 138 cm³/mol. The summed E-state index contributed by atoms with van der Waals surface area (Å²) in [5.74, 6) is 0.433. The van der Waals surface area contributed by atoms with E-state index >= 15 is 0 Å². The molecule has 0 saturated heterocycles. The SMILES string of the molecule is C=CC[C@H](CO[Si](C)(C)C)C[P+](c1ccccc1)(c1ccccc1)c1ccccc1.[I-]. The van der Waals surface area contributed by atoms with Gasteiger partial charge in [0.15, 0.2) is 8.32 Å². The van der Waals surface area contributed by atoms with Crippen LogP contribution in [0.25, 0.3) is 0 Å². The number of hydrogen-bond donors (Lipinski definition) is 0. The Kier molecular flexibility index (Phi) is 10.1. The zero-order valence-corrected chi connectivity index (χ0v) is 22.9. The molecule has 0 aliphatic carbocycles. The van der Waals surface area contributed by atoms with E-state index in [9.17, 15) is 0 Å². The van der Waals surface area contributed by atoms with E-state index in [1.54, 1.807) is 0 Å². The van der Waals surface area contributed by atoms with Gasteiger partial charge in [0.1, 0.15) is 23.2 Å². The highest BCUT2D eigenvalue weighted by molar-refractivity contribution is 7.95. The Morgan fingerprint density at radius 1 is 0.774 bits per heavy atom. The van der Waals surface area contributed by atoms with Gasteiger partial charge in [-0.2, -0.15) is 0 Å². The molecular formula is C27H34IOPSi. The summed E-state index contributed by atoms with van der Waals surface area (Å²) in [6.45, 7) is 11.7. The van der Waals surface area contributed by atoms with E-state index in [0.29, 0.717) is 5.92 Å². The smallest absolute Gasteiger partial charge is 0.183 e. The van der Waals surface area contributed by atoms with Crippen LogP contribution in [-0.2, 0) is 4.43 Å². The van der Waals surface area contributed by atoms with Crippen LogP contribution in [0.2, 0.25) is 19.6 Å². The zero-order valence-electron chi connectivity index (χ0n) is 18.9. The molecule has 0 aliphatic heterocycles. The first-order valence-electron chi connectivity index (χ1n) is 10.8. The van der Waals surface area contributed by atoms with Crippen LogP contribution in [0.5, 0.6) is 0 Å². The summed E-state index contributed by atoms with van der Waals surface area (Å²) in [6.07, 6.45) is 4.12. The summed E-state index contributed by atoms with van der Waals surface area (Å²) in [5, 5.41) is 4.30. The molecule has 0 aromatic heterocycles. The second-order valence-corrected chi connectivity index (χ2v) is 16.9. The molecule has 1 nitrogen and oxygen atoms in total. The van der Waals surface area contributed by atoms with Gasteiger partial charge in [-0.1, -0.05) is 60.7 Å². The Balaban J connectivity index is 0.00000341. The van der Waals surface area contributed by atoms with Crippen LogP contribution in [0.15, 0.2) is 104 Å². The van der Waals surface area contributed by atoms with Crippen molar-refractivity contribution in [2.75, 3.05) is 12.8 Å². The summed E-state index contributed by atoms with van der Waals surface area (Å²) in [6, 6.07) is 33.3. The minimum atomic E-state index is -1.83. The van der Waals surface area contributed by atoms with Crippen LogP contribution in [0.4, 0.5) is 0 Å². The van der Waals surface area contributed by atoms with Crippen molar-refractivity contribution in [3.05, 3.63) is 104 Å². The van der Waals surface area contributed by atoms with Gasteiger partial charge in [0, 0.05) is 12.5 Å². The van der Waals surface area contributed by atoms with Gasteiger partial charge in [-0.25, -0.2) is 0 Å². The largest absolute Gasteiger partial charge is 1.00 e. The summed E-state index contributed by atoms with van der Waals surface area (Å²) in [7, 11) is -3.42. The van der Waals surface area contributed by atoms with Crippen molar-refractivity contribution in [3.63, 3.8) is 0 Å². The van der Waals surface area contributed by atoms with Crippen LogP contribution < -0.4 is 39.9 Å². The first-order valence-corrected chi connectivity index (χ1v) is 16.1. The van der Waals surface area contributed by atoms with E-state index in [-0.39, 0.29) is 24.0 Å². The van der Waals surface area contributed by atoms with Gasteiger partial charge in [0.2, 0.25) is 0 Å². The number of allylic oxidation sites excluding steroid dienone is 1. The molecule has 0 fully saturated rings. The van der Waals surface area contributed by atoms with Gasteiger partial charge in [-0.15, -0.1) is 6.58 Å². The molecule has 0 bridgehead atoms. The molecular weight excluding hydrogens is 526 g/mol. The van der Waals surface area contributed by atoms with Crippen LogP contribution in [0.1, 0.15) is 6.42 Å². The number of hydrogen-bond acceptors (Lipinski definition) is 1. The van der Waals surface area contributed by atoms with E-state index < -0.39 is 15.6 Å². The maximum atomic E-state index is 6.41. The average Bonchev–Trinajstić information content (AvgIpc) is 2.77. The van der Waals surface area contributed by atoms with Crippen molar-refractivity contribution in [2.24, 2.45) is 5.92 Å². The van der Waals surface area contributed by atoms with Crippen molar-refractivity contribution < 1.29 is 28.4 Å². The van der Waals surface area contributed by atoms with Gasteiger partial charge < -0.3 is 28.4 Å². The molecule has 0 unspecified atom stereocenters. The normalized spacial score (nSPS) is 12.6. The lowest BCUT2D eigenvalue weighted by Crippen LogP contribution is -3.00. The lowest BCUT2D eigenvalue weighted by Gasteiger charge is -2.32. The molecule has 0 saturated carbocycles. The van der Waals surface area contributed by atoms with Crippen LogP contribution in [0, 0.1) is 5.92 Å². The topological polar surface area (TPSA) is 9.23 Å². The van der Waals surface area contributed by atoms with Crippen molar-refractivity contribution in [2.45, 2.75) is 26.1 Å². The van der Waals surface area contributed by atoms with Gasteiger partial charge in [-0.3, -0.25) is 0 Å².